The summed E-state index contributed by atoms with van der Waals surface area (Å²) >= 11 is 0. The Balaban J connectivity index is 1.39. The fourth-order valence-corrected chi connectivity index (χ4v) is 4.28. The van der Waals surface area contributed by atoms with Gasteiger partial charge in [0.25, 0.3) is 5.91 Å². The standard InChI is InChI=1S/C23H29N3O3/c27-22-8-2-5-15-26(22)19-11-9-18(10-12-19)23(28)24-17-20(21-7-6-16-29-21)25-13-3-1-4-14-25/h6-7,9-12,16,20H,1-5,8,13-15,17H2,(H,24,28). The average molecular weight is 396 g/mol. The first-order chi connectivity index (χ1) is 14.2. The molecule has 4 rings (SSSR count). The number of carbonyl (C=O) groups excluding carboxylic acids is 2. The van der Waals surface area contributed by atoms with Crippen molar-refractivity contribution in [2.45, 2.75) is 44.6 Å². The Bertz CT molecular complexity index is 810. The third-order valence-corrected chi connectivity index (χ3v) is 5.92. The summed E-state index contributed by atoms with van der Waals surface area (Å²) in [7, 11) is 0. The van der Waals surface area contributed by atoms with E-state index in [-0.39, 0.29) is 17.9 Å². The van der Waals surface area contributed by atoms with Gasteiger partial charge in [-0.1, -0.05) is 6.42 Å². The highest BCUT2D eigenvalue weighted by atomic mass is 16.3. The second kappa shape index (κ2) is 9.27. The summed E-state index contributed by atoms with van der Waals surface area (Å²) in [5.41, 5.74) is 1.48. The third kappa shape index (κ3) is 4.70. The Kier molecular flexibility index (Phi) is 6.30. The van der Waals surface area contributed by atoms with Gasteiger partial charge in [-0.05, 0) is 75.2 Å². The number of rotatable bonds is 6. The van der Waals surface area contributed by atoms with Crippen molar-refractivity contribution >= 4 is 17.5 Å². The average Bonchev–Trinajstić information content (AvgIpc) is 3.30. The van der Waals surface area contributed by atoms with Crippen molar-refractivity contribution in [1.82, 2.24) is 10.2 Å². The van der Waals surface area contributed by atoms with Gasteiger partial charge in [0.1, 0.15) is 5.76 Å². The summed E-state index contributed by atoms with van der Waals surface area (Å²) in [6.07, 6.45) is 7.91. The van der Waals surface area contributed by atoms with Crippen molar-refractivity contribution < 1.29 is 14.0 Å². The van der Waals surface area contributed by atoms with E-state index in [9.17, 15) is 9.59 Å². The first-order valence-electron chi connectivity index (χ1n) is 10.7. The molecule has 0 aliphatic carbocycles. The summed E-state index contributed by atoms with van der Waals surface area (Å²) < 4.78 is 5.65. The number of nitrogens with one attached hydrogen (secondary N) is 1. The molecule has 2 amide bonds. The molecule has 0 bridgehead atoms. The second-order valence-corrected chi connectivity index (χ2v) is 7.89. The summed E-state index contributed by atoms with van der Waals surface area (Å²) in [4.78, 5) is 29.0. The first-order valence-corrected chi connectivity index (χ1v) is 10.7. The molecule has 0 saturated carbocycles. The van der Waals surface area contributed by atoms with E-state index in [2.05, 4.69) is 10.2 Å². The van der Waals surface area contributed by atoms with Crippen LogP contribution in [0, 0.1) is 0 Å². The molecule has 29 heavy (non-hydrogen) atoms. The molecule has 2 aromatic rings. The molecule has 6 nitrogen and oxygen atoms in total. The molecule has 2 saturated heterocycles. The van der Waals surface area contributed by atoms with E-state index in [1.165, 1.54) is 19.3 Å². The van der Waals surface area contributed by atoms with E-state index in [0.29, 0.717) is 18.5 Å². The van der Waals surface area contributed by atoms with Crippen molar-refractivity contribution in [2.75, 3.05) is 31.1 Å². The number of benzene rings is 1. The molecule has 6 heteroatoms. The number of piperidine rings is 2. The lowest BCUT2D eigenvalue weighted by Gasteiger charge is -2.33. The Hall–Kier alpha value is -2.60. The number of anilines is 1. The summed E-state index contributed by atoms with van der Waals surface area (Å²) in [5.74, 6) is 0.956. The summed E-state index contributed by atoms with van der Waals surface area (Å²) in [6, 6.07) is 11.3. The number of hydrogen-bond acceptors (Lipinski definition) is 4. The van der Waals surface area contributed by atoms with Crippen LogP contribution < -0.4 is 10.2 Å². The van der Waals surface area contributed by atoms with Gasteiger partial charge < -0.3 is 14.6 Å². The Morgan fingerprint density at radius 2 is 1.76 bits per heavy atom. The molecule has 154 valence electrons. The second-order valence-electron chi connectivity index (χ2n) is 7.89. The molecule has 2 aliphatic heterocycles. The lowest BCUT2D eigenvalue weighted by molar-refractivity contribution is -0.119. The van der Waals surface area contributed by atoms with E-state index < -0.39 is 0 Å². The van der Waals surface area contributed by atoms with Gasteiger partial charge >= 0.3 is 0 Å². The van der Waals surface area contributed by atoms with Crippen LogP contribution in [0.2, 0.25) is 0 Å². The minimum absolute atomic E-state index is 0.0551. The quantitative estimate of drug-likeness (QED) is 0.809. The Labute approximate surface area is 171 Å². The van der Waals surface area contributed by atoms with Crippen LogP contribution >= 0.6 is 0 Å². The van der Waals surface area contributed by atoms with Crippen LogP contribution in [0.4, 0.5) is 5.69 Å². The zero-order chi connectivity index (χ0) is 20.1. The zero-order valence-electron chi connectivity index (χ0n) is 16.8. The van der Waals surface area contributed by atoms with Crippen LogP contribution in [-0.2, 0) is 4.79 Å². The maximum absolute atomic E-state index is 12.7. The van der Waals surface area contributed by atoms with Gasteiger partial charge in [-0.25, -0.2) is 0 Å². The van der Waals surface area contributed by atoms with Gasteiger partial charge in [-0.3, -0.25) is 14.5 Å². The van der Waals surface area contributed by atoms with E-state index in [4.69, 9.17) is 4.42 Å². The van der Waals surface area contributed by atoms with E-state index in [0.717, 1.165) is 43.9 Å². The summed E-state index contributed by atoms with van der Waals surface area (Å²) in [5, 5.41) is 3.07. The Morgan fingerprint density at radius 1 is 1.00 bits per heavy atom. The van der Waals surface area contributed by atoms with E-state index in [1.807, 2.05) is 29.2 Å². The zero-order valence-corrected chi connectivity index (χ0v) is 16.8. The van der Waals surface area contributed by atoms with Gasteiger partial charge in [-0.2, -0.15) is 0 Å². The molecule has 1 N–H and O–H groups in total. The van der Waals surface area contributed by atoms with Crippen LogP contribution in [0.3, 0.4) is 0 Å². The van der Waals surface area contributed by atoms with Crippen molar-refractivity contribution in [3.63, 3.8) is 0 Å². The minimum atomic E-state index is -0.102. The van der Waals surface area contributed by atoms with Crippen LogP contribution in [0.15, 0.2) is 47.1 Å². The van der Waals surface area contributed by atoms with E-state index >= 15 is 0 Å². The van der Waals surface area contributed by atoms with Crippen LogP contribution in [0.1, 0.15) is 60.7 Å². The molecule has 2 aliphatic rings. The monoisotopic (exact) mass is 395 g/mol. The highest BCUT2D eigenvalue weighted by Crippen LogP contribution is 2.25. The predicted molar refractivity (Wildman–Crippen MR) is 112 cm³/mol. The molecular formula is C23H29N3O3. The van der Waals surface area contributed by atoms with Crippen molar-refractivity contribution in [3.05, 3.63) is 54.0 Å². The Morgan fingerprint density at radius 3 is 2.45 bits per heavy atom. The molecule has 0 spiro atoms. The van der Waals surface area contributed by atoms with Crippen molar-refractivity contribution in [2.24, 2.45) is 0 Å². The van der Waals surface area contributed by atoms with Gasteiger partial charge in [0.2, 0.25) is 5.91 Å². The number of furan rings is 1. The van der Waals surface area contributed by atoms with Gasteiger partial charge in [0.05, 0.1) is 12.3 Å². The third-order valence-electron chi connectivity index (χ3n) is 5.92. The molecule has 3 heterocycles. The lowest BCUT2D eigenvalue weighted by atomic mass is 10.1. The van der Waals surface area contributed by atoms with Crippen LogP contribution in [0.5, 0.6) is 0 Å². The normalized spacial score (nSPS) is 19.2. The van der Waals surface area contributed by atoms with Crippen molar-refractivity contribution in [1.29, 1.82) is 0 Å². The maximum atomic E-state index is 12.7. The molecule has 1 aromatic carbocycles. The topological polar surface area (TPSA) is 65.8 Å². The van der Waals surface area contributed by atoms with E-state index in [1.54, 1.807) is 18.4 Å². The fraction of sp³-hybridized carbons (Fsp3) is 0.478. The molecule has 1 unspecified atom stereocenters. The smallest absolute Gasteiger partial charge is 0.251 e. The molecular weight excluding hydrogens is 366 g/mol. The van der Waals surface area contributed by atoms with Crippen molar-refractivity contribution in [3.8, 4) is 0 Å². The maximum Gasteiger partial charge on any atom is 0.251 e. The number of carbonyl (C=O) groups is 2. The van der Waals surface area contributed by atoms with Crippen LogP contribution in [0.25, 0.3) is 0 Å². The lowest BCUT2D eigenvalue weighted by Crippen LogP contribution is -2.40. The van der Waals surface area contributed by atoms with Gasteiger partial charge in [0, 0.05) is 30.8 Å². The first kappa shape index (κ1) is 19.7. The number of likely N-dealkylation sites (tertiary alicyclic amines) is 1. The van der Waals surface area contributed by atoms with Gasteiger partial charge in [-0.15, -0.1) is 0 Å². The number of nitrogens with zero attached hydrogens (tertiary/aromatic N) is 2. The van der Waals surface area contributed by atoms with Crippen LogP contribution in [-0.4, -0.2) is 42.9 Å². The largest absolute Gasteiger partial charge is 0.468 e. The number of hydrogen-bond donors (Lipinski definition) is 1. The molecule has 1 atom stereocenters. The molecule has 1 aromatic heterocycles. The predicted octanol–water partition coefficient (Wildman–Crippen LogP) is 3.75. The minimum Gasteiger partial charge on any atom is -0.468 e. The fourth-order valence-electron chi connectivity index (χ4n) is 4.28. The highest BCUT2D eigenvalue weighted by molar-refractivity contribution is 5.96. The SMILES string of the molecule is O=C(NCC(c1ccco1)N1CCCCC1)c1ccc(N2CCCCC2=O)cc1. The summed E-state index contributed by atoms with van der Waals surface area (Å²) in [6.45, 7) is 3.32. The van der Waals surface area contributed by atoms with Gasteiger partial charge in [0.15, 0.2) is 0 Å². The molecule has 0 radical (unpaired) electrons. The highest BCUT2D eigenvalue weighted by Gasteiger charge is 2.25. The molecule has 2 fully saturated rings. The number of amides is 2.